The minimum atomic E-state index is 0.0546. The van der Waals surface area contributed by atoms with E-state index in [4.69, 9.17) is 27.9 Å². The maximum Gasteiger partial charge on any atom is 0.224 e. The zero-order chi connectivity index (χ0) is 11.2. The van der Waals surface area contributed by atoms with Gasteiger partial charge in [0.05, 0.1) is 18.4 Å². The highest BCUT2D eigenvalue weighted by Gasteiger charge is 2.47. The van der Waals surface area contributed by atoms with E-state index in [0.29, 0.717) is 5.02 Å². The molecule has 4 nitrogen and oxygen atoms in total. The molecule has 1 aromatic rings. The molecular weight excluding hydrogens is 249 g/mol. The van der Waals surface area contributed by atoms with Gasteiger partial charge in [-0.1, -0.05) is 11.6 Å². The summed E-state index contributed by atoms with van der Waals surface area (Å²) in [4.78, 5) is 10.2. The molecule has 2 heterocycles. The predicted octanol–water partition coefficient (Wildman–Crippen LogP) is 2.15. The van der Waals surface area contributed by atoms with Crippen LogP contribution in [0.25, 0.3) is 0 Å². The minimum absolute atomic E-state index is 0.0546. The highest BCUT2D eigenvalue weighted by molar-refractivity contribution is 6.33. The van der Waals surface area contributed by atoms with Gasteiger partial charge in [0.25, 0.3) is 0 Å². The van der Waals surface area contributed by atoms with Gasteiger partial charge in [-0.2, -0.15) is 4.98 Å². The predicted molar refractivity (Wildman–Crippen MR) is 62.2 cm³/mol. The van der Waals surface area contributed by atoms with E-state index in [-0.39, 0.29) is 10.9 Å². The van der Waals surface area contributed by atoms with E-state index in [1.807, 2.05) is 0 Å². The standard InChI is InChI=1S/C10H11Cl2N3O/c11-7-5-13-9(12)14-8(7)15-3-4-16-10(6-15)1-2-10/h5H,1-4,6H2. The lowest BCUT2D eigenvalue weighted by molar-refractivity contribution is 0.0204. The van der Waals surface area contributed by atoms with Crippen molar-refractivity contribution in [2.75, 3.05) is 24.6 Å². The van der Waals surface area contributed by atoms with E-state index < -0.39 is 0 Å². The van der Waals surface area contributed by atoms with Crippen molar-refractivity contribution >= 4 is 29.0 Å². The summed E-state index contributed by atoms with van der Waals surface area (Å²) in [7, 11) is 0. The Morgan fingerprint density at radius 2 is 2.19 bits per heavy atom. The Bertz CT molecular complexity index is 423. The third-order valence-corrected chi connectivity index (χ3v) is 3.50. The number of aromatic nitrogens is 2. The lowest BCUT2D eigenvalue weighted by Gasteiger charge is -2.34. The van der Waals surface area contributed by atoms with E-state index in [2.05, 4.69) is 14.9 Å². The van der Waals surface area contributed by atoms with Crippen LogP contribution in [0.2, 0.25) is 10.3 Å². The summed E-state index contributed by atoms with van der Waals surface area (Å²) >= 11 is 11.9. The molecule has 0 radical (unpaired) electrons. The van der Waals surface area contributed by atoms with Crippen LogP contribution < -0.4 is 4.90 Å². The maximum absolute atomic E-state index is 6.08. The third-order valence-electron chi connectivity index (χ3n) is 3.05. The molecule has 0 N–H and O–H groups in total. The zero-order valence-corrected chi connectivity index (χ0v) is 10.1. The van der Waals surface area contributed by atoms with Gasteiger partial charge in [0.2, 0.25) is 5.28 Å². The summed E-state index contributed by atoms with van der Waals surface area (Å²) in [6, 6.07) is 0. The average Bonchev–Trinajstić information content (AvgIpc) is 3.01. The van der Waals surface area contributed by atoms with Crippen LogP contribution in [0.4, 0.5) is 5.82 Å². The molecule has 1 aromatic heterocycles. The van der Waals surface area contributed by atoms with Crippen molar-refractivity contribution in [1.82, 2.24) is 9.97 Å². The number of hydrogen-bond donors (Lipinski definition) is 0. The molecule has 0 aromatic carbocycles. The molecule has 0 bridgehead atoms. The Kier molecular flexibility index (Phi) is 2.46. The van der Waals surface area contributed by atoms with Crippen LogP contribution >= 0.6 is 23.2 Å². The highest BCUT2D eigenvalue weighted by Crippen LogP contribution is 2.43. The number of morpholine rings is 1. The highest BCUT2D eigenvalue weighted by atomic mass is 35.5. The number of hydrogen-bond acceptors (Lipinski definition) is 4. The molecule has 6 heteroatoms. The van der Waals surface area contributed by atoms with E-state index in [9.17, 15) is 0 Å². The summed E-state index contributed by atoms with van der Waals surface area (Å²) < 4.78 is 5.74. The van der Waals surface area contributed by atoms with Crippen molar-refractivity contribution in [3.8, 4) is 0 Å². The molecule has 2 fully saturated rings. The fourth-order valence-electron chi connectivity index (χ4n) is 2.03. The fraction of sp³-hybridized carbons (Fsp3) is 0.600. The molecule has 86 valence electrons. The summed E-state index contributed by atoms with van der Waals surface area (Å²) in [6.45, 7) is 2.37. The SMILES string of the molecule is Clc1ncc(Cl)c(N2CCOC3(CC3)C2)n1. The van der Waals surface area contributed by atoms with Crippen molar-refractivity contribution in [2.45, 2.75) is 18.4 Å². The second kappa shape index (κ2) is 3.72. The fourth-order valence-corrected chi connectivity index (χ4v) is 2.37. The van der Waals surface area contributed by atoms with Gasteiger partial charge in [0.15, 0.2) is 5.82 Å². The third kappa shape index (κ3) is 1.85. The Labute approximate surface area is 104 Å². The van der Waals surface area contributed by atoms with Gasteiger partial charge in [0.1, 0.15) is 5.02 Å². The van der Waals surface area contributed by atoms with Crippen molar-refractivity contribution in [3.05, 3.63) is 16.5 Å². The van der Waals surface area contributed by atoms with Gasteiger partial charge in [-0.15, -0.1) is 0 Å². The van der Waals surface area contributed by atoms with Crippen LogP contribution in [-0.2, 0) is 4.74 Å². The summed E-state index contributed by atoms with van der Waals surface area (Å²) in [5, 5.41) is 0.776. The van der Waals surface area contributed by atoms with Crippen LogP contribution in [0.3, 0.4) is 0 Å². The molecule has 2 aliphatic rings. The van der Waals surface area contributed by atoms with Gasteiger partial charge in [-0.05, 0) is 24.4 Å². The summed E-state index contributed by atoms with van der Waals surface area (Å²) in [6.07, 6.45) is 3.79. The van der Waals surface area contributed by atoms with Gasteiger partial charge in [-0.3, -0.25) is 0 Å². The molecule has 1 saturated carbocycles. The van der Waals surface area contributed by atoms with Crippen LogP contribution in [-0.4, -0.2) is 35.3 Å². The Morgan fingerprint density at radius 1 is 1.38 bits per heavy atom. The molecule has 1 aliphatic carbocycles. The lowest BCUT2D eigenvalue weighted by Crippen LogP contribution is -2.44. The number of halogens is 2. The molecule has 1 aliphatic heterocycles. The molecule has 0 atom stereocenters. The first-order valence-electron chi connectivity index (χ1n) is 5.26. The Hall–Kier alpha value is -0.580. The first-order chi connectivity index (χ1) is 7.69. The minimum Gasteiger partial charge on any atom is -0.371 e. The Morgan fingerprint density at radius 3 is 2.94 bits per heavy atom. The zero-order valence-electron chi connectivity index (χ0n) is 8.62. The number of nitrogens with zero attached hydrogens (tertiary/aromatic N) is 3. The first-order valence-corrected chi connectivity index (χ1v) is 6.01. The maximum atomic E-state index is 6.08. The van der Waals surface area contributed by atoms with Gasteiger partial charge in [0, 0.05) is 13.1 Å². The van der Waals surface area contributed by atoms with Crippen LogP contribution in [0.1, 0.15) is 12.8 Å². The van der Waals surface area contributed by atoms with E-state index in [1.165, 1.54) is 0 Å². The molecule has 3 rings (SSSR count). The number of ether oxygens (including phenoxy) is 1. The van der Waals surface area contributed by atoms with Crippen molar-refractivity contribution < 1.29 is 4.74 Å². The molecular formula is C10H11Cl2N3O. The largest absolute Gasteiger partial charge is 0.371 e. The topological polar surface area (TPSA) is 38.2 Å². The van der Waals surface area contributed by atoms with Crippen molar-refractivity contribution in [3.63, 3.8) is 0 Å². The normalized spacial score (nSPS) is 22.5. The Balaban J connectivity index is 1.88. The molecule has 0 unspecified atom stereocenters. The van der Waals surface area contributed by atoms with Crippen molar-refractivity contribution in [1.29, 1.82) is 0 Å². The monoisotopic (exact) mass is 259 g/mol. The molecule has 1 spiro atoms. The average molecular weight is 260 g/mol. The summed E-state index contributed by atoms with van der Waals surface area (Å²) in [5.41, 5.74) is 0.0546. The second-order valence-corrected chi connectivity index (χ2v) is 5.01. The van der Waals surface area contributed by atoms with Gasteiger partial charge >= 0.3 is 0 Å². The van der Waals surface area contributed by atoms with Crippen LogP contribution in [0.15, 0.2) is 6.20 Å². The smallest absolute Gasteiger partial charge is 0.224 e. The van der Waals surface area contributed by atoms with Crippen LogP contribution in [0.5, 0.6) is 0 Å². The quantitative estimate of drug-likeness (QED) is 0.725. The van der Waals surface area contributed by atoms with E-state index in [1.54, 1.807) is 6.20 Å². The van der Waals surface area contributed by atoms with E-state index >= 15 is 0 Å². The second-order valence-electron chi connectivity index (χ2n) is 4.26. The first kappa shape index (κ1) is 10.6. The molecule has 0 amide bonds. The number of anilines is 1. The van der Waals surface area contributed by atoms with Gasteiger partial charge < -0.3 is 9.64 Å². The number of rotatable bonds is 1. The molecule has 1 saturated heterocycles. The van der Waals surface area contributed by atoms with Crippen molar-refractivity contribution in [2.24, 2.45) is 0 Å². The van der Waals surface area contributed by atoms with E-state index in [0.717, 1.165) is 38.4 Å². The van der Waals surface area contributed by atoms with Gasteiger partial charge in [-0.25, -0.2) is 4.98 Å². The van der Waals surface area contributed by atoms with Crippen LogP contribution in [0, 0.1) is 0 Å². The lowest BCUT2D eigenvalue weighted by atomic mass is 10.2. The molecule has 16 heavy (non-hydrogen) atoms. The summed E-state index contributed by atoms with van der Waals surface area (Å²) in [5.74, 6) is 0.719.